The molecule has 1 saturated carbocycles. The smallest absolute Gasteiger partial charge is 0.264 e. The van der Waals surface area contributed by atoms with Gasteiger partial charge in [-0.25, -0.2) is 13.1 Å². The lowest BCUT2D eigenvalue weighted by Crippen LogP contribution is -2.61. The number of carbonyl (C=O) groups excluding carboxylic acids is 1. The van der Waals surface area contributed by atoms with E-state index in [1.54, 1.807) is 13.0 Å². The Morgan fingerprint density at radius 3 is 2.60 bits per heavy atom. The highest BCUT2D eigenvalue weighted by atomic mass is 35.5. The summed E-state index contributed by atoms with van der Waals surface area (Å²) in [5.74, 6) is 0.502. The molecule has 0 radical (unpaired) electrons. The SMILES string of the molecule is CCCO[C@]1(CN2CCN(C3COC3)CC2)/C=C/C[C@H](C)[C@@H](C)S(=O)(=O)NC(=O)c2ccc3c(c2)N(C[C@@H]2CC[C@H]21)C[C@@]1(CCCc2cc(Cl)ccc21)CO3. The van der Waals surface area contributed by atoms with E-state index in [1.807, 2.05) is 25.1 Å². The molecule has 0 unspecified atom stereocenters. The van der Waals surface area contributed by atoms with E-state index in [4.69, 9.17) is 25.8 Å². The molecule has 1 N–H and O–H groups in total. The van der Waals surface area contributed by atoms with Crippen LogP contribution in [0.4, 0.5) is 5.69 Å². The van der Waals surface area contributed by atoms with Crippen LogP contribution in [0.5, 0.6) is 5.75 Å². The standard InChI is InChI=1S/C43H59ClN4O6S/c1-4-21-54-43(28-46-17-19-47(20-18-46)36-25-52-26-36)16-5-7-30(2)31(3)55(50,51)45-41(49)33-10-14-40-39(23-33)48(24-34-9-12-38(34)43)27-42(29-53-40)15-6-8-32-22-35(44)11-13-37(32)42/h5,10-11,13-14,16,22-23,30-31,34,36,38H,4,6-9,12,15,17-21,24-29H2,1-3H3,(H,45,49)/b16-5+/t30-,31+,34-,38+,42-,43-/m0/s1. The zero-order valence-electron chi connectivity index (χ0n) is 32.8. The van der Waals surface area contributed by atoms with Crippen LogP contribution in [0.25, 0.3) is 0 Å². The van der Waals surface area contributed by atoms with E-state index >= 15 is 0 Å². The largest absolute Gasteiger partial charge is 0.490 e. The summed E-state index contributed by atoms with van der Waals surface area (Å²) in [5, 5.41) is -0.0272. The lowest BCUT2D eigenvalue weighted by Gasteiger charge is -2.53. The van der Waals surface area contributed by atoms with Crippen LogP contribution in [0.3, 0.4) is 0 Å². The number of sulfonamides is 1. The van der Waals surface area contributed by atoms with E-state index in [1.165, 1.54) is 11.1 Å². The van der Waals surface area contributed by atoms with Gasteiger partial charge in [-0.3, -0.25) is 14.6 Å². The van der Waals surface area contributed by atoms with Crippen molar-refractivity contribution < 1.29 is 27.4 Å². The number of aryl methyl sites for hydroxylation is 1. The summed E-state index contributed by atoms with van der Waals surface area (Å²) in [5.41, 5.74) is 2.93. The van der Waals surface area contributed by atoms with Gasteiger partial charge < -0.3 is 19.1 Å². The van der Waals surface area contributed by atoms with Crippen LogP contribution in [0, 0.1) is 17.8 Å². The molecule has 6 aliphatic rings. The minimum Gasteiger partial charge on any atom is -0.490 e. The van der Waals surface area contributed by atoms with Crippen molar-refractivity contribution in [3.8, 4) is 5.75 Å². The number of hydrogen-bond acceptors (Lipinski definition) is 9. The quantitative estimate of drug-likeness (QED) is 0.350. The zero-order valence-corrected chi connectivity index (χ0v) is 34.4. The highest BCUT2D eigenvalue weighted by Crippen LogP contribution is 2.49. The number of piperazine rings is 1. The molecule has 1 amide bonds. The Hall–Kier alpha value is -2.67. The Balaban J connectivity index is 1.18. The van der Waals surface area contributed by atoms with Crippen LogP contribution in [-0.2, 0) is 31.3 Å². The minimum atomic E-state index is -3.96. The number of rotatable bonds is 6. The first-order chi connectivity index (χ1) is 26.5. The van der Waals surface area contributed by atoms with E-state index < -0.39 is 26.8 Å². The summed E-state index contributed by atoms with van der Waals surface area (Å²) in [6, 6.07) is 12.2. The normalized spacial score (nSPS) is 33.6. The third kappa shape index (κ3) is 7.83. The molecule has 4 heterocycles. The van der Waals surface area contributed by atoms with E-state index in [2.05, 4.69) is 50.6 Å². The Morgan fingerprint density at radius 1 is 1.05 bits per heavy atom. The fourth-order valence-electron chi connectivity index (χ4n) is 10.1. The van der Waals surface area contributed by atoms with E-state index in [9.17, 15) is 13.2 Å². The molecule has 10 nitrogen and oxygen atoms in total. The first kappa shape index (κ1) is 39.2. The number of carbonyl (C=O) groups is 1. The van der Waals surface area contributed by atoms with Crippen LogP contribution in [0.15, 0.2) is 48.6 Å². The van der Waals surface area contributed by atoms with Gasteiger partial charge in [0.05, 0.1) is 36.8 Å². The van der Waals surface area contributed by atoms with Crippen molar-refractivity contribution in [1.82, 2.24) is 14.5 Å². The summed E-state index contributed by atoms with van der Waals surface area (Å²) in [6.07, 6.45) is 11.1. The lowest BCUT2D eigenvalue weighted by atomic mass is 9.63. The van der Waals surface area contributed by atoms with Gasteiger partial charge in [0.2, 0.25) is 10.0 Å². The molecule has 3 fully saturated rings. The second-order valence-corrected chi connectivity index (χ2v) is 19.8. The molecular weight excluding hydrogens is 736 g/mol. The molecular formula is C43H59ClN4O6S. The van der Waals surface area contributed by atoms with Gasteiger partial charge in [0.1, 0.15) is 11.4 Å². The van der Waals surface area contributed by atoms with Gasteiger partial charge in [-0.15, -0.1) is 0 Å². The van der Waals surface area contributed by atoms with Gasteiger partial charge in [-0.1, -0.05) is 43.7 Å². The van der Waals surface area contributed by atoms with Crippen molar-refractivity contribution in [2.24, 2.45) is 17.8 Å². The molecule has 12 heteroatoms. The Morgan fingerprint density at radius 2 is 1.87 bits per heavy atom. The maximum atomic E-state index is 13.7. The molecule has 55 heavy (non-hydrogen) atoms. The molecule has 1 spiro atoms. The van der Waals surface area contributed by atoms with Crippen LogP contribution in [0.2, 0.25) is 5.02 Å². The third-order valence-corrected chi connectivity index (χ3v) is 16.0. The van der Waals surface area contributed by atoms with E-state index in [0.717, 1.165) is 114 Å². The highest BCUT2D eigenvalue weighted by molar-refractivity contribution is 7.90. The predicted octanol–water partition coefficient (Wildman–Crippen LogP) is 6.07. The molecule has 300 valence electrons. The van der Waals surface area contributed by atoms with Crippen molar-refractivity contribution in [3.63, 3.8) is 0 Å². The first-order valence-corrected chi connectivity index (χ1v) is 22.6. The average Bonchev–Trinajstić information content (AvgIpc) is 3.28. The summed E-state index contributed by atoms with van der Waals surface area (Å²) in [6.45, 7) is 15.0. The van der Waals surface area contributed by atoms with Crippen LogP contribution >= 0.6 is 11.6 Å². The van der Waals surface area contributed by atoms with Gasteiger partial charge in [-0.2, -0.15) is 0 Å². The van der Waals surface area contributed by atoms with Crippen LogP contribution in [0.1, 0.15) is 80.8 Å². The first-order valence-electron chi connectivity index (χ1n) is 20.7. The Bertz CT molecular complexity index is 1860. The number of benzene rings is 2. The summed E-state index contributed by atoms with van der Waals surface area (Å²) in [4.78, 5) is 21.3. The highest BCUT2D eigenvalue weighted by Gasteiger charge is 2.50. The van der Waals surface area contributed by atoms with Crippen molar-refractivity contribution in [2.45, 2.75) is 88.0 Å². The molecule has 0 aromatic heterocycles. The summed E-state index contributed by atoms with van der Waals surface area (Å²) < 4.78 is 49.2. The average molecular weight is 795 g/mol. The lowest BCUT2D eigenvalue weighted by molar-refractivity contribution is -0.122. The maximum absolute atomic E-state index is 13.7. The Labute approximate surface area is 332 Å². The third-order valence-electron chi connectivity index (χ3n) is 13.8. The van der Waals surface area contributed by atoms with Crippen molar-refractivity contribution in [3.05, 3.63) is 70.3 Å². The summed E-state index contributed by atoms with van der Waals surface area (Å²) in [7, 11) is -3.96. The summed E-state index contributed by atoms with van der Waals surface area (Å²) >= 11 is 6.53. The number of anilines is 1. The van der Waals surface area contributed by atoms with Gasteiger partial charge >= 0.3 is 0 Å². The zero-order chi connectivity index (χ0) is 38.4. The topological polar surface area (TPSA) is 101 Å². The predicted molar refractivity (Wildman–Crippen MR) is 217 cm³/mol. The van der Waals surface area contributed by atoms with Gasteiger partial charge in [-0.05, 0) is 111 Å². The number of allylic oxidation sites excluding steroid dienone is 1. The molecule has 2 aliphatic carbocycles. The molecule has 2 aromatic rings. The number of ether oxygens (including phenoxy) is 3. The number of amides is 1. The van der Waals surface area contributed by atoms with E-state index in [0.29, 0.717) is 37.2 Å². The van der Waals surface area contributed by atoms with Crippen LogP contribution < -0.4 is 14.4 Å². The van der Waals surface area contributed by atoms with Crippen molar-refractivity contribution >= 4 is 33.2 Å². The fourth-order valence-corrected chi connectivity index (χ4v) is 11.6. The molecule has 2 aromatic carbocycles. The molecule has 4 aliphatic heterocycles. The van der Waals surface area contributed by atoms with Gasteiger partial charge in [0.15, 0.2) is 0 Å². The monoisotopic (exact) mass is 794 g/mol. The fraction of sp³-hybridized carbons (Fsp3) is 0.651. The number of hydrogen-bond donors (Lipinski definition) is 1. The second kappa shape index (κ2) is 15.9. The minimum absolute atomic E-state index is 0.218. The van der Waals surface area contributed by atoms with E-state index in [-0.39, 0.29) is 17.3 Å². The Kier molecular flexibility index (Phi) is 11.3. The van der Waals surface area contributed by atoms with Gasteiger partial charge in [0.25, 0.3) is 5.91 Å². The number of halogens is 1. The van der Waals surface area contributed by atoms with Crippen molar-refractivity contribution in [1.29, 1.82) is 0 Å². The molecule has 6 atom stereocenters. The molecule has 2 bridgehead atoms. The van der Waals surface area contributed by atoms with Crippen molar-refractivity contribution in [2.75, 3.05) is 77.1 Å². The number of fused-ring (bicyclic) bond motifs is 4. The number of nitrogens with zero attached hydrogens (tertiary/aromatic N) is 3. The maximum Gasteiger partial charge on any atom is 0.264 e. The molecule has 2 saturated heterocycles. The van der Waals surface area contributed by atoms with Crippen LogP contribution in [-0.4, -0.2) is 113 Å². The number of nitrogens with one attached hydrogen (secondary N) is 1. The second-order valence-electron chi connectivity index (χ2n) is 17.3. The van der Waals surface area contributed by atoms with Gasteiger partial charge in [0, 0.05) is 68.4 Å². The molecule has 8 rings (SSSR count).